The Balaban J connectivity index is 1.94. The lowest BCUT2D eigenvalue weighted by Gasteiger charge is -2.22. The Morgan fingerprint density at radius 1 is 1.13 bits per heavy atom. The molecule has 0 saturated carbocycles. The lowest BCUT2D eigenvalue weighted by atomic mass is 9.91. The number of hydrogen-bond acceptors (Lipinski definition) is 2. The van der Waals surface area contributed by atoms with E-state index in [-0.39, 0.29) is 17.5 Å². The molecule has 0 aliphatic rings. The average molecular weight is 385 g/mol. The molecule has 1 N–H and O–H groups in total. The second kappa shape index (κ2) is 8.41. The van der Waals surface area contributed by atoms with Gasteiger partial charge in [0.05, 0.1) is 17.2 Å². The van der Waals surface area contributed by atoms with Gasteiger partial charge in [0.1, 0.15) is 5.82 Å². The SMILES string of the molecule is CCC(CCOc1cccc(Br)c1F)C(O)c1ccc(F)cc1. The second-order valence-corrected chi connectivity index (χ2v) is 6.21. The molecule has 0 aromatic heterocycles. The van der Waals surface area contributed by atoms with Crippen LogP contribution in [0.2, 0.25) is 0 Å². The van der Waals surface area contributed by atoms with Gasteiger partial charge in [0.25, 0.3) is 0 Å². The summed E-state index contributed by atoms with van der Waals surface area (Å²) in [5.41, 5.74) is 0.673. The summed E-state index contributed by atoms with van der Waals surface area (Å²) < 4.78 is 32.6. The molecule has 0 aliphatic heterocycles. The van der Waals surface area contributed by atoms with Gasteiger partial charge in [0, 0.05) is 0 Å². The number of halogens is 3. The quantitative estimate of drug-likeness (QED) is 0.705. The van der Waals surface area contributed by atoms with Crippen molar-refractivity contribution in [3.8, 4) is 5.75 Å². The molecule has 23 heavy (non-hydrogen) atoms. The van der Waals surface area contributed by atoms with Crippen LogP contribution < -0.4 is 4.74 Å². The topological polar surface area (TPSA) is 29.5 Å². The Morgan fingerprint density at radius 3 is 2.48 bits per heavy atom. The van der Waals surface area contributed by atoms with Gasteiger partial charge in [-0.05, 0) is 58.1 Å². The van der Waals surface area contributed by atoms with Gasteiger partial charge in [-0.3, -0.25) is 0 Å². The fourth-order valence-electron chi connectivity index (χ4n) is 2.43. The zero-order valence-corrected chi connectivity index (χ0v) is 14.4. The summed E-state index contributed by atoms with van der Waals surface area (Å²) in [5, 5.41) is 10.4. The summed E-state index contributed by atoms with van der Waals surface area (Å²) in [7, 11) is 0. The molecular weight excluding hydrogens is 366 g/mol. The van der Waals surface area contributed by atoms with Crippen LogP contribution in [-0.2, 0) is 0 Å². The predicted octanol–water partition coefficient (Wildman–Crippen LogP) is 5.26. The van der Waals surface area contributed by atoms with Crippen molar-refractivity contribution < 1.29 is 18.6 Å². The van der Waals surface area contributed by atoms with Crippen molar-refractivity contribution in [2.75, 3.05) is 6.61 Å². The molecule has 2 rings (SSSR count). The first-order valence-electron chi connectivity index (χ1n) is 7.53. The van der Waals surface area contributed by atoms with Crippen molar-refractivity contribution >= 4 is 15.9 Å². The average Bonchev–Trinajstić information content (AvgIpc) is 2.55. The first-order valence-corrected chi connectivity index (χ1v) is 8.32. The van der Waals surface area contributed by atoms with Crippen LogP contribution in [0.25, 0.3) is 0 Å². The number of benzene rings is 2. The zero-order valence-electron chi connectivity index (χ0n) is 12.8. The van der Waals surface area contributed by atoms with Crippen LogP contribution >= 0.6 is 15.9 Å². The molecule has 124 valence electrons. The Morgan fingerprint density at radius 2 is 1.83 bits per heavy atom. The van der Waals surface area contributed by atoms with E-state index in [1.54, 1.807) is 30.3 Å². The first-order chi connectivity index (χ1) is 11.0. The molecule has 0 aliphatic carbocycles. The van der Waals surface area contributed by atoms with Crippen LogP contribution in [0.15, 0.2) is 46.9 Å². The van der Waals surface area contributed by atoms with Crippen LogP contribution in [0, 0.1) is 17.6 Å². The van der Waals surface area contributed by atoms with E-state index in [0.29, 0.717) is 23.1 Å². The number of ether oxygens (including phenoxy) is 1. The van der Waals surface area contributed by atoms with Gasteiger partial charge in [-0.1, -0.05) is 31.5 Å². The third-order valence-electron chi connectivity index (χ3n) is 3.84. The molecule has 0 spiro atoms. The summed E-state index contributed by atoms with van der Waals surface area (Å²) in [6.07, 6.45) is 0.612. The predicted molar refractivity (Wildman–Crippen MR) is 89.4 cm³/mol. The fraction of sp³-hybridized carbons (Fsp3) is 0.333. The zero-order chi connectivity index (χ0) is 16.8. The Bertz CT molecular complexity index is 631. The molecular formula is C18H19BrF2O2. The van der Waals surface area contributed by atoms with Gasteiger partial charge in [0.15, 0.2) is 11.6 Å². The van der Waals surface area contributed by atoms with Gasteiger partial charge < -0.3 is 9.84 Å². The highest BCUT2D eigenvalue weighted by Gasteiger charge is 2.19. The largest absolute Gasteiger partial charge is 0.490 e. The van der Waals surface area contributed by atoms with Crippen LogP contribution in [0.5, 0.6) is 5.75 Å². The standard InChI is InChI=1S/C18H19BrF2O2/c1-2-12(18(22)13-6-8-14(20)9-7-13)10-11-23-16-5-3-4-15(19)17(16)21/h3-9,12,18,22H,2,10-11H2,1H3. The van der Waals surface area contributed by atoms with E-state index in [0.717, 1.165) is 6.42 Å². The molecule has 0 heterocycles. The fourth-order valence-corrected chi connectivity index (χ4v) is 2.78. The number of aliphatic hydroxyl groups is 1. The van der Waals surface area contributed by atoms with Gasteiger partial charge >= 0.3 is 0 Å². The van der Waals surface area contributed by atoms with E-state index in [9.17, 15) is 13.9 Å². The minimum Gasteiger partial charge on any atom is -0.490 e. The molecule has 0 amide bonds. The van der Waals surface area contributed by atoms with Gasteiger partial charge in [-0.2, -0.15) is 0 Å². The Kier molecular flexibility index (Phi) is 6.54. The van der Waals surface area contributed by atoms with Crippen LogP contribution in [0.4, 0.5) is 8.78 Å². The summed E-state index contributed by atoms with van der Waals surface area (Å²) in [6.45, 7) is 2.27. The second-order valence-electron chi connectivity index (χ2n) is 5.35. The molecule has 0 bridgehead atoms. The monoisotopic (exact) mass is 384 g/mol. The van der Waals surface area contributed by atoms with E-state index >= 15 is 0 Å². The molecule has 2 atom stereocenters. The maximum atomic E-state index is 13.8. The number of hydrogen-bond donors (Lipinski definition) is 1. The normalized spacial score (nSPS) is 13.6. The number of rotatable bonds is 7. The van der Waals surface area contributed by atoms with Crippen LogP contribution in [0.3, 0.4) is 0 Å². The Labute approximate surface area is 143 Å². The summed E-state index contributed by atoms with van der Waals surface area (Å²) >= 11 is 3.11. The molecule has 2 aromatic carbocycles. The highest BCUT2D eigenvalue weighted by Crippen LogP contribution is 2.29. The molecule has 5 heteroatoms. The molecule has 2 nitrogen and oxygen atoms in total. The third-order valence-corrected chi connectivity index (χ3v) is 4.46. The van der Waals surface area contributed by atoms with Gasteiger partial charge in [-0.25, -0.2) is 8.78 Å². The van der Waals surface area contributed by atoms with E-state index < -0.39 is 11.9 Å². The highest BCUT2D eigenvalue weighted by molar-refractivity contribution is 9.10. The molecule has 0 saturated heterocycles. The van der Waals surface area contributed by atoms with Crippen molar-refractivity contribution in [3.63, 3.8) is 0 Å². The minimum atomic E-state index is -0.698. The molecule has 0 fully saturated rings. The van der Waals surface area contributed by atoms with Crippen molar-refractivity contribution in [2.24, 2.45) is 5.92 Å². The number of aliphatic hydroxyl groups excluding tert-OH is 1. The maximum absolute atomic E-state index is 13.8. The van der Waals surface area contributed by atoms with E-state index in [2.05, 4.69) is 15.9 Å². The van der Waals surface area contributed by atoms with Crippen molar-refractivity contribution in [3.05, 3.63) is 64.1 Å². The lowest BCUT2D eigenvalue weighted by molar-refractivity contribution is 0.0893. The lowest BCUT2D eigenvalue weighted by Crippen LogP contribution is -2.15. The van der Waals surface area contributed by atoms with E-state index in [1.165, 1.54) is 12.1 Å². The third kappa shape index (κ3) is 4.75. The molecule has 0 radical (unpaired) electrons. The van der Waals surface area contributed by atoms with Crippen molar-refractivity contribution in [1.82, 2.24) is 0 Å². The summed E-state index contributed by atoms with van der Waals surface area (Å²) in [5.74, 6) is -0.622. The van der Waals surface area contributed by atoms with E-state index in [4.69, 9.17) is 4.74 Å². The molecule has 2 unspecified atom stereocenters. The van der Waals surface area contributed by atoms with Crippen molar-refractivity contribution in [2.45, 2.75) is 25.9 Å². The van der Waals surface area contributed by atoms with Gasteiger partial charge in [0.2, 0.25) is 0 Å². The van der Waals surface area contributed by atoms with Gasteiger partial charge in [-0.15, -0.1) is 0 Å². The Hall–Kier alpha value is -1.46. The summed E-state index contributed by atoms with van der Waals surface area (Å²) in [4.78, 5) is 0. The smallest absolute Gasteiger partial charge is 0.179 e. The first kappa shape index (κ1) is 17.9. The minimum absolute atomic E-state index is 0.0457. The van der Waals surface area contributed by atoms with E-state index in [1.807, 2.05) is 6.92 Å². The summed E-state index contributed by atoms with van der Waals surface area (Å²) in [6, 6.07) is 10.7. The van der Waals surface area contributed by atoms with Crippen molar-refractivity contribution in [1.29, 1.82) is 0 Å². The molecule has 2 aromatic rings. The highest BCUT2D eigenvalue weighted by atomic mass is 79.9. The van der Waals surface area contributed by atoms with Crippen LogP contribution in [-0.4, -0.2) is 11.7 Å². The maximum Gasteiger partial charge on any atom is 0.179 e. The van der Waals surface area contributed by atoms with Crippen LogP contribution in [0.1, 0.15) is 31.4 Å².